The topological polar surface area (TPSA) is 23.5 Å². The normalized spacial score (nSPS) is 24.6. The van der Waals surface area contributed by atoms with Gasteiger partial charge in [0.25, 0.3) is 0 Å². The molecule has 2 nitrogen and oxygen atoms in total. The summed E-state index contributed by atoms with van der Waals surface area (Å²) in [5.74, 6) is 0. The van der Waals surface area contributed by atoms with Crippen LogP contribution in [0.2, 0.25) is 0 Å². The number of hydrogen-bond acceptors (Lipinski definition) is 2. The van der Waals surface area contributed by atoms with Crippen molar-refractivity contribution in [3.8, 4) is 0 Å². The van der Waals surface area contributed by atoms with Gasteiger partial charge in [-0.05, 0) is 43.4 Å². The lowest BCUT2D eigenvalue weighted by Gasteiger charge is -2.36. The first-order valence-electron chi connectivity index (χ1n) is 7.18. The van der Waals surface area contributed by atoms with Crippen LogP contribution in [0, 0.1) is 0 Å². The molecule has 1 saturated heterocycles. The molecule has 0 spiro atoms. The molecule has 0 aliphatic carbocycles. The standard InChI is InChI=1S/C16H25NO/c1-3-14-6-8-15(9-7-14)12-17-11-5-10-16(17,4-2)13-18/h6-9,18H,3-5,10-13H2,1-2H3/t16-/m1/s1. The van der Waals surface area contributed by atoms with E-state index in [2.05, 4.69) is 43.0 Å². The van der Waals surface area contributed by atoms with E-state index >= 15 is 0 Å². The molecule has 0 radical (unpaired) electrons. The largest absolute Gasteiger partial charge is 0.394 e. The average molecular weight is 247 g/mol. The highest BCUT2D eigenvalue weighted by molar-refractivity contribution is 5.22. The molecule has 1 N–H and O–H groups in total. The van der Waals surface area contributed by atoms with Crippen molar-refractivity contribution in [2.45, 2.75) is 51.6 Å². The highest BCUT2D eigenvalue weighted by Gasteiger charge is 2.38. The summed E-state index contributed by atoms with van der Waals surface area (Å²) < 4.78 is 0. The number of benzene rings is 1. The van der Waals surface area contributed by atoms with Crippen LogP contribution in [-0.2, 0) is 13.0 Å². The summed E-state index contributed by atoms with van der Waals surface area (Å²) in [6.45, 7) is 6.75. The van der Waals surface area contributed by atoms with Gasteiger partial charge in [0.1, 0.15) is 0 Å². The maximum absolute atomic E-state index is 9.71. The van der Waals surface area contributed by atoms with Crippen molar-refractivity contribution in [1.82, 2.24) is 4.90 Å². The van der Waals surface area contributed by atoms with E-state index in [0.29, 0.717) is 0 Å². The van der Waals surface area contributed by atoms with Crippen LogP contribution >= 0.6 is 0 Å². The van der Waals surface area contributed by atoms with Gasteiger partial charge in [-0.2, -0.15) is 0 Å². The molecule has 1 heterocycles. The van der Waals surface area contributed by atoms with Crippen molar-refractivity contribution in [2.24, 2.45) is 0 Å². The molecule has 1 aromatic rings. The Morgan fingerprint density at radius 2 is 1.83 bits per heavy atom. The molecule has 0 saturated carbocycles. The molecule has 2 heteroatoms. The third-order valence-corrected chi connectivity index (χ3v) is 4.50. The second-order valence-electron chi connectivity index (χ2n) is 5.43. The molecule has 1 aromatic carbocycles. The molecule has 100 valence electrons. The molecular weight excluding hydrogens is 222 g/mol. The minimum absolute atomic E-state index is 0.0312. The van der Waals surface area contributed by atoms with Crippen LogP contribution in [0.3, 0.4) is 0 Å². The maximum atomic E-state index is 9.71. The summed E-state index contributed by atoms with van der Waals surface area (Å²) in [7, 11) is 0. The monoisotopic (exact) mass is 247 g/mol. The fourth-order valence-electron chi connectivity index (χ4n) is 3.03. The Hall–Kier alpha value is -0.860. The van der Waals surface area contributed by atoms with E-state index in [9.17, 15) is 5.11 Å². The predicted molar refractivity (Wildman–Crippen MR) is 75.6 cm³/mol. The van der Waals surface area contributed by atoms with Crippen molar-refractivity contribution < 1.29 is 5.11 Å². The molecule has 0 bridgehead atoms. The number of likely N-dealkylation sites (tertiary alicyclic amines) is 1. The van der Waals surface area contributed by atoms with Crippen molar-refractivity contribution in [3.63, 3.8) is 0 Å². The van der Waals surface area contributed by atoms with E-state index in [1.54, 1.807) is 0 Å². The first kappa shape index (κ1) is 13.6. The van der Waals surface area contributed by atoms with E-state index in [1.165, 1.54) is 17.5 Å². The van der Waals surface area contributed by atoms with Crippen LogP contribution < -0.4 is 0 Å². The van der Waals surface area contributed by atoms with Crippen LogP contribution in [0.5, 0.6) is 0 Å². The summed E-state index contributed by atoms with van der Waals surface area (Å²) >= 11 is 0. The summed E-state index contributed by atoms with van der Waals surface area (Å²) in [4.78, 5) is 2.47. The van der Waals surface area contributed by atoms with Crippen molar-refractivity contribution >= 4 is 0 Å². The zero-order chi connectivity index (χ0) is 13.0. The van der Waals surface area contributed by atoms with E-state index in [-0.39, 0.29) is 12.1 Å². The fourth-order valence-corrected chi connectivity index (χ4v) is 3.03. The Labute approximate surface area is 111 Å². The molecule has 1 atom stereocenters. The molecule has 2 rings (SSSR count). The van der Waals surface area contributed by atoms with Crippen molar-refractivity contribution in [3.05, 3.63) is 35.4 Å². The molecule has 18 heavy (non-hydrogen) atoms. The number of aliphatic hydroxyl groups is 1. The smallest absolute Gasteiger partial charge is 0.0615 e. The quantitative estimate of drug-likeness (QED) is 0.864. The lowest BCUT2D eigenvalue weighted by Crippen LogP contribution is -2.45. The van der Waals surface area contributed by atoms with Crippen molar-refractivity contribution in [1.29, 1.82) is 0 Å². The van der Waals surface area contributed by atoms with Crippen LogP contribution in [0.4, 0.5) is 0 Å². The molecule has 0 unspecified atom stereocenters. The molecular formula is C16H25NO. The van der Waals surface area contributed by atoms with Crippen molar-refractivity contribution in [2.75, 3.05) is 13.2 Å². The summed E-state index contributed by atoms with van der Waals surface area (Å²) in [6.07, 6.45) is 4.48. The van der Waals surface area contributed by atoms with Gasteiger partial charge in [0.05, 0.1) is 6.61 Å². The summed E-state index contributed by atoms with van der Waals surface area (Å²) in [6, 6.07) is 8.90. The zero-order valence-corrected chi connectivity index (χ0v) is 11.7. The minimum atomic E-state index is 0.0312. The van der Waals surface area contributed by atoms with E-state index < -0.39 is 0 Å². The van der Waals surface area contributed by atoms with Gasteiger partial charge < -0.3 is 5.11 Å². The highest BCUT2D eigenvalue weighted by atomic mass is 16.3. The van der Waals surface area contributed by atoms with Crippen LogP contribution in [-0.4, -0.2) is 28.7 Å². The number of hydrogen-bond donors (Lipinski definition) is 1. The number of aryl methyl sites for hydroxylation is 1. The van der Waals surface area contributed by atoms with Crippen LogP contribution in [0.25, 0.3) is 0 Å². The average Bonchev–Trinajstić information content (AvgIpc) is 2.83. The van der Waals surface area contributed by atoms with Gasteiger partial charge in [-0.1, -0.05) is 38.1 Å². The first-order valence-corrected chi connectivity index (χ1v) is 7.18. The Kier molecular flexibility index (Phi) is 4.41. The highest BCUT2D eigenvalue weighted by Crippen LogP contribution is 2.33. The summed E-state index contributed by atoms with van der Waals surface area (Å²) in [5, 5.41) is 9.71. The Morgan fingerprint density at radius 1 is 1.17 bits per heavy atom. The van der Waals surface area contributed by atoms with Gasteiger partial charge in [-0.3, -0.25) is 4.90 Å². The maximum Gasteiger partial charge on any atom is 0.0615 e. The number of aliphatic hydroxyl groups excluding tert-OH is 1. The SMILES string of the molecule is CCc1ccc(CN2CCC[C@]2(CC)CO)cc1. The molecule has 1 aliphatic heterocycles. The Bertz CT molecular complexity index is 367. The Balaban J connectivity index is 2.07. The third-order valence-electron chi connectivity index (χ3n) is 4.50. The van der Waals surface area contributed by atoms with Gasteiger partial charge in [0.2, 0.25) is 0 Å². The number of rotatable bonds is 5. The second-order valence-corrected chi connectivity index (χ2v) is 5.43. The van der Waals surface area contributed by atoms with Crippen LogP contribution in [0.15, 0.2) is 24.3 Å². The molecule has 1 fully saturated rings. The second kappa shape index (κ2) is 5.85. The van der Waals surface area contributed by atoms with E-state index in [1.807, 2.05) is 0 Å². The molecule has 0 aromatic heterocycles. The lowest BCUT2D eigenvalue weighted by molar-refractivity contribution is 0.0549. The van der Waals surface area contributed by atoms with Gasteiger partial charge in [0.15, 0.2) is 0 Å². The fraction of sp³-hybridized carbons (Fsp3) is 0.625. The van der Waals surface area contributed by atoms with Gasteiger partial charge in [-0.15, -0.1) is 0 Å². The van der Waals surface area contributed by atoms with Crippen LogP contribution in [0.1, 0.15) is 44.2 Å². The van der Waals surface area contributed by atoms with Gasteiger partial charge >= 0.3 is 0 Å². The predicted octanol–water partition coefficient (Wildman–Crippen LogP) is 2.99. The van der Waals surface area contributed by atoms with Gasteiger partial charge in [0, 0.05) is 12.1 Å². The van der Waals surface area contributed by atoms with E-state index in [4.69, 9.17) is 0 Å². The minimum Gasteiger partial charge on any atom is -0.394 e. The first-order chi connectivity index (χ1) is 8.74. The molecule has 1 aliphatic rings. The lowest BCUT2D eigenvalue weighted by atomic mass is 9.93. The number of nitrogens with zero attached hydrogens (tertiary/aromatic N) is 1. The molecule has 0 amide bonds. The summed E-state index contributed by atoms with van der Waals surface area (Å²) in [5.41, 5.74) is 2.79. The van der Waals surface area contributed by atoms with Gasteiger partial charge in [-0.25, -0.2) is 0 Å². The third kappa shape index (κ3) is 2.60. The zero-order valence-electron chi connectivity index (χ0n) is 11.7. The van der Waals surface area contributed by atoms with E-state index in [0.717, 1.165) is 32.4 Å². The Morgan fingerprint density at radius 3 is 2.39 bits per heavy atom.